The van der Waals surface area contributed by atoms with E-state index in [1.807, 2.05) is 30.3 Å². The highest BCUT2D eigenvalue weighted by atomic mass is 32.2. The molecule has 3 aromatic rings. The minimum atomic E-state index is -0.643. The number of rotatable bonds is 5. The van der Waals surface area contributed by atoms with Gasteiger partial charge in [-0.05, 0) is 52.9 Å². The monoisotopic (exact) mass is 594 g/mol. The minimum absolute atomic E-state index is 0.00394. The molecule has 2 amide bonds. The van der Waals surface area contributed by atoms with E-state index in [1.54, 1.807) is 30.3 Å². The third-order valence-electron chi connectivity index (χ3n) is 9.15. The molecule has 218 valence electrons. The van der Waals surface area contributed by atoms with Crippen LogP contribution in [0.25, 0.3) is 10.4 Å². The molecule has 43 heavy (non-hydrogen) atoms. The molecule has 3 aromatic carbocycles. The van der Waals surface area contributed by atoms with Gasteiger partial charge in [0.15, 0.2) is 11.0 Å². The molecule has 0 aromatic heterocycles. The van der Waals surface area contributed by atoms with Crippen molar-refractivity contribution in [2.24, 2.45) is 15.5 Å². The van der Waals surface area contributed by atoms with Crippen LogP contribution in [0.3, 0.4) is 0 Å². The highest BCUT2D eigenvalue weighted by Crippen LogP contribution is 2.64. The fraction of sp³-hybridized carbons (Fsp3) is 0.344. The van der Waals surface area contributed by atoms with Crippen LogP contribution < -0.4 is 10.6 Å². The Labute approximate surface area is 252 Å². The zero-order chi connectivity index (χ0) is 29.6. The number of hydrogen-bond acceptors (Lipinski definition) is 7. The van der Waals surface area contributed by atoms with Crippen LogP contribution in [-0.4, -0.2) is 41.7 Å². The summed E-state index contributed by atoms with van der Waals surface area (Å²) >= 11 is 1.52. The van der Waals surface area contributed by atoms with Crippen LogP contribution in [0.1, 0.15) is 64.7 Å². The Morgan fingerprint density at radius 2 is 1.72 bits per heavy atom. The first-order valence-corrected chi connectivity index (χ1v) is 15.3. The van der Waals surface area contributed by atoms with Crippen molar-refractivity contribution in [1.29, 1.82) is 0 Å². The molecule has 2 bridgehead atoms. The van der Waals surface area contributed by atoms with Gasteiger partial charge >= 0.3 is 0 Å². The van der Waals surface area contributed by atoms with Crippen molar-refractivity contribution in [1.82, 2.24) is 5.32 Å². The van der Waals surface area contributed by atoms with Crippen LogP contribution >= 0.6 is 11.8 Å². The third-order valence-corrected chi connectivity index (χ3v) is 10.1. The molecule has 3 aliphatic carbocycles. The molecule has 1 saturated carbocycles. The minimum Gasteiger partial charge on any atom is -0.347 e. The van der Waals surface area contributed by atoms with Crippen molar-refractivity contribution in [3.63, 3.8) is 0 Å². The van der Waals surface area contributed by atoms with Gasteiger partial charge in [0.1, 0.15) is 0 Å². The van der Waals surface area contributed by atoms with E-state index >= 15 is 0 Å². The number of aliphatic imine (C=N–C) groups is 1. The van der Waals surface area contributed by atoms with E-state index in [-0.39, 0.29) is 29.7 Å². The van der Waals surface area contributed by atoms with Crippen molar-refractivity contribution in [2.45, 2.75) is 43.4 Å². The number of nitrogens with zero attached hydrogens (tertiary/aromatic N) is 4. The van der Waals surface area contributed by atoms with Gasteiger partial charge in [0.2, 0.25) is 5.91 Å². The van der Waals surface area contributed by atoms with Gasteiger partial charge in [0.25, 0.3) is 5.91 Å². The number of anilines is 1. The van der Waals surface area contributed by atoms with Gasteiger partial charge in [-0.3, -0.25) is 14.6 Å². The summed E-state index contributed by atoms with van der Waals surface area (Å²) in [6.45, 7) is 3.22. The average molecular weight is 595 g/mol. The van der Waals surface area contributed by atoms with E-state index in [0.29, 0.717) is 53.9 Å². The molecule has 8 rings (SSSR count). The normalized spacial score (nSPS) is 26.3. The summed E-state index contributed by atoms with van der Waals surface area (Å²) in [7, 11) is 0. The van der Waals surface area contributed by atoms with E-state index < -0.39 is 11.2 Å². The van der Waals surface area contributed by atoms with Crippen LogP contribution in [0.5, 0.6) is 0 Å². The molecule has 5 aliphatic rings. The van der Waals surface area contributed by atoms with Crippen molar-refractivity contribution in [2.75, 3.05) is 24.3 Å². The lowest BCUT2D eigenvalue weighted by Crippen LogP contribution is -2.58. The largest absolute Gasteiger partial charge is 0.347 e. The van der Waals surface area contributed by atoms with E-state index in [0.717, 1.165) is 5.56 Å². The quantitative estimate of drug-likeness (QED) is 0.196. The number of carbonyl (C=O) groups excluding carboxylic acids is 2. The van der Waals surface area contributed by atoms with Crippen molar-refractivity contribution in [3.8, 4) is 0 Å². The van der Waals surface area contributed by atoms with Gasteiger partial charge in [-0.2, -0.15) is 0 Å². The number of carbonyl (C=O) groups is 2. The summed E-state index contributed by atoms with van der Waals surface area (Å²) in [6.07, 6.45) is 1.31. The van der Waals surface area contributed by atoms with Crippen LogP contribution in [0.15, 0.2) is 82.9 Å². The summed E-state index contributed by atoms with van der Waals surface area (Å²) in [5.41, 5.74) is 12.8. The SMILES string of the molecule is CC1(C(=O)NC2=NC(c3cccc(C(=O)Nc4ccc(N=[N+]=[N-])cc4)c3)CS2)CC2c3ccccc3C1CC21OCCO1. The van der Waals surface area contributed by atoms with Crippen LogP contribution in [0.4, 0.5) is 11.4 Å². The maximum absolute atomic E-state index is 13.9. The first-order valence-electron chi connectivity index (χ1n) is 14.3. The van der Waals surface area contributed by atoms with E-state index in [2.05, 4.69) is 39.7 Å². The van der Waals surface area contributed by atoms with Gasteiger partial charge in [-0.1, -0.05) is 72.3 Å². The molecule has 4 atom stereocenters. The van der Waals surface area contributed by atoms with Crippen LogP contribution in [0.2, 0.25) is 0 Å². The molecule has 2 aliphatic heterocycles. The van der Waals surface area contributed by atoms with Crippen molar-refractivity contribution < 1.29 is 19.1 Å². The number of amides is 2. The second-order valence-corrected chi connectivity index (χ2v) is 12.6. The molecule has 10 nitrogen and oxygen atoms in total. The Hall–Kier alpha value is -4.15. The number of fused-ring (bicyclic) bond motifs is 1. The molecule has 0 radical (unpaired) electrons. The highest BCUT2D eigenvalue weighted by Gasteiger charge is 2.63. The van der Waals surface area contributed by atoms with Crippen LogP contribution in [-0.2, 0) is 14.3 Å². The fourth-order valence-electron chi connectivity index (χ4n) is 6.97. The second kappa shape index (κ2) is 10.8. The van der Waals surface area contributed by atoms with E-state index in [9.17, 15) is 9.59 Å². The molecule has 2 fully saturated rings. The summed E-state index contributed by atoms with van der Waals surface area (Å²) in [6, 6.07) is 22.2. The molecular formula is C32H30N6O4S. The molecule has 2 N–H and O–H groups in total. The second-order valence-electron chi connectivity index (χ2n) is 11.6. The Morgan fingerprint density at radius 3 is 2.47 bits per heavy atom. The van der Waals surface area contributed by atoms with Gasteiger partial charge in [0.05, 0.1) is 24.7 Å². The summed E-state index contributed by atoms with van der Waals surface area (Å²) in [4.78, 5) is 34.5. The molecule has 4 unspecified atom stereocenters. The number of hydrogen-bond donors (Lipinski definition) is 2. The molecule has 2 heterocycles. The number of azide groups is 1. The number of nitrogens with one attached hydrogen (secondary N) is 2. The predicted molar refractivity (Wildman–Crippen MR) is 164 cm³/mol. The van der Waals surface area contributed by atoms with Gasteiger partial charge in [-0.15, -0.1) is 0 Å². The predicted octanol–water partition coefficient (Wildman–Crippen LogP) is 6.57. The molecule has 1 saturated heterocycles. The Morgan fingerprint density at radius 1 is 0.977 bits per heavy atom. The first kappa shape index (κ1) is 27.7. The topological polar surface area (TPSA) is 138 Å². The summed E-state index contributed by atoms with van der Waals surface area (Å²) in [5, 5.41) is 10.2. The lowest BCUT2D eigenvalue weighted by Gasteiger charge is -2.56. The number of benzene rings is 3. The van der Waals surface area contributed by atoms with E-state index in [1.165, 1.54) is 22.9 Å². The average Bonchev–Trinajstić information content (AvgIpc) is 3.70. The maximum atomic E-state index is 13.9. The first-order chi connectivity index (χ1) is 20.9. The maximum Gasteiger partial charge on any atom is 0.255 e. The lowest BCUT2D eigenvalue weighted by molar-refractivity contribution is -0.217. The number of thioether (sulfide) groups is 1. The summed E-state index contributed by atoms with van der Waals surface area (Å²) < 4.78 is 12.4. The van der Waals surface area contributed by atoms with Gasteiger partial charge in [-0.25, -0.2) is 0 Å². The van der Waals surface area contributed by atoms with Crippen LogP contribution in [0, 0.1) is 5.41 Å². The Balaban J connectivity index is 1.05. The Bertz CT molecular complexity index is 1680. The molecule has 1 spiro atoms. The summed E-state index contributed by atoms with van der Waals surface area (Å²) in [5.74, 6) is -0.295. The number of ether oxygens (including phenoxy) is 2. The lowest BCUT2D eigenvalue weighted by atomic mass is 9.52. The highest BCUT2D eigenvalue weighted by molar-refractivity contribution is 8.14. The van der Waals surface area contributed by atoms with Gasteiger partial charge < -0.3 is 20.1 Å². The Kier molecular flexibility index (Phi) is 6.98. The fourth-order valence-corrected chi connectivity index (χ4v) is 7.92. The molecule has 11 heteroatoms. The smallest absolute Gasteiger partial charge is 0.255 e. The third kappa shape index (κ3) is 4.88. The van der Waals surface area contributed by atoms with Crippen molar-refractivity contribution in [3.05, 3.63) is 105 Å². The van der Waals surface area contributed by atoms with Gasteiger partial charge in [0, 0.05) is 45.9 Å². The zero-order valence-corrected chi connectivity index (χ0v) is 24.3. The number of amidine groups is 1. The van der Waals surface area contributed by atoms with Crippen molar-refractivity contribution >= 4 is 40.1 Å². The zero-order valence-electron chi connectivity index (χ0n) is 23.5. The standard InChI is InChI=1S/C32H30N6O4S/c1-31(16-26-24-8-3-2-7-23(24)25(31)17-32(26)41-13-14-42-32)29(40)36-30-35-27(18-43-30)19-5-4-6-20(15-19)28(39)34-21-9-11-22(12-10-21)37-38-33/h2-12,15,25-27H,13-14,16-18H2,1H3,(H,34,39)(H,35,36,40). The molecular weight excluding hydrogens is 564 g/mol. The van der Waals surface area contributed by atoms with E-state index in [4.69, 9.17) is 20.0 Å².